The molecule has 106 valence electrons. The molecule has 3 heteroatoms. The van der Waals surface area contributed by atoms with Gasteiger partial charge in [0.15, 0.2) is 0 Å². The fourth-order valence-corrected chi connectivity index (χ4v) is 3.49. The Morgan fingerprint density at radius 2 is 2.16 bits per heavy atom. The molecule has 0 spiro atoms. The van der Waals surface area contributed by atoms with Gasteiger partial charge in [-0.2, -0.15) is 0 Å². The highest BCUT2D eigenvalue weighted by atomic mass is 35.5. The Bertz CT molecular complexity index is 421. The van der Waals surface area contributed by atoms with Crippen LogP contribution in [0, 0.1) is 11.8 Å². The number of hydrogen-bond acceptors (Lipinski definition) is 2. The Morgan fingerprint density at radius 3 is 2.84 bits per heavy atom. The van der Waals surface area contributed by atoms with Crippen molar-refractivity contribution in [2.45, 2.75) is 38.6 Å². The molecule has 0 bridgehead atoms. The first-order chi connectivity index (χ1) is 9.13. The largest absolute Gasteiger partial charge is 0.496 e. The predicted molar refractivity (Wildman–Crippen MR) is 81.1 cm³/mol. The van der Waals surface area contributed by atoms with Crippen LogP contribution in [0.15, 0.2) is 18.2 Å². The van der Waals surface area contributed by atoms with Crippen LogP contribution < -0.4 is 10.1 Å². The van der Waals surface area contributed by atoms with Gasteiger partial charge in [0.1, 0.15) is 5.75 Å². The summed E-state index contributed by atoms with van der Waals surface area (Å²) in [5.41, 5.74) is 1.23. The maximum Gasteiger partial charge on any atom is 0.122 e. The predicted octanol–water partition coefficient (Wildman–Crippen LogP) is 3.92. The third kappa shape index (κ3) is 3.64. The Hall–Kier alpha value is -0.730. The molecule has 1 saturated carbocycles. The quantitative estimate of drug-likeness (QED) is 0.903. The number of nitrogens with one attached hydrogen (secondary N) is 1. The molecular formula is C16H24ClNO. The summed E-state index contributed by atoms with van der Waals surface area (Å²) in [5.74, 6) is 2.44. The highest BCUT2D eigenvalue weighted by Crippen LogP contribution is 2.34. The molecule has 0 amide bonds. The van der Waals surface area contributed by atoms with Crippen molar-refractivity contribution in [2.75, 3.05) is 14.2 Å². The SMILES string of the molecule is CNC1CCC(C)CC1Cc1cc(Cl)ccc1OC. The Kier molecular flexibility index (Phi) is 5.12. The zero-order valence-corrected chi connectivity index (χ0v) is 12.8. The van der Waals surface area contributed by atoms with Gasteiger partial charge in [0.2, 0.25) is 0 Å². The highest BCUT2D eigenvalue weighted by Gasteiger charge is 2.28. The second-order valence-electron chi connectivity index (χ2n) is 5.73. The third-order valence-electron chi connectivity index (χ3n) is 4.34. The zero-order chi connectivity index (χ0) is 13.8. The first-order valence-electron chi connectivity index (χ1n) is 7.13. The Labute approximate surface area is 121 Å². The summed E-state index contributed by atoms with van der Waals surface area (Å²) in [5, 5.41) is 4.27. The van der Waals surface area contributed by atoms with E-state index >= 15 is 0 Å². The monoisotopic (exact) mass is 281 g/mol. The van der Waals surface area contributed by atoms with Gasteiger partial charge < -0.3 is 10.1 Å². The normalized spacial score (nSPS) is 27.3. The van der Waals surface area contributed by atoms with Crippen molar-refractivity contribution in [1.82, 2.24) is 5.32 Å². The molecule has 2 rings (SSSR count). The molecule has 3 unspecified atom stereocenters. The standard InChI is InChI=1S/C16H24ClNO/c1-11-4-6-15(18-2)12(8-11)9-13-10-14(17)5-7-16(13)19-3/h5,7,10-12,15,18H,4,6,8-9H2,1-3H3. The molecule has 0 aliphatic heterocycles. The molecule has 19 heavy (non-hydrogen) atoms. The smallest absolute Gasteiger partial charge is 0.122 e. The lowest BCUT2D eigenvalue weighted by molar-refractivity contribution is 0.219. The average molecular weight is 282 g/mol. The van der Waals surface area contributed by atoms with Gasteiger partial charge in [0.25, 0.3) is 0 Å². The number of ether oxygens (including phenoxy) is 1. The van der Waals surface area contributed by atoms with Crippen LogP contribution in [-0.2, 0) is 6.42 Å². The van der Waals surface area contributed by atoms with E-state index in [1.165, 1.54) is 24.8 Å². The van der Waals surface area contributed by atoms with E-state index in [4.69, 9.17) is 16.3 Å². The van der Waals surface area contributed by atoms with E-state index in [0.29, 0.717) is 12.0 Å². The number of rotatable bonds is 4. The molecule has 0 saturated heterocycles. The van der Waals surface area contributed by atoms with E-state index in [1.54, 1.807) is 7.11 Å². The van der Waals surface area contributed by atoms with E-state index in [2.05, 4.69) is 19.3 Å². The number of hydrogen-bond donors (Lipinski definition) is 1. The lowest BCUT2D eigenvalue weighted by Crippen LogP contribution is -2.39. The van der Waals surface area contributed by atoms with Gasteiger partial charge in [-0.3, -0.25) is 0 Å². The van der Waals surface area contributed by atoms with Crippen LogP contribution in [0.5, 0.6) is 5.75 Å². The van der Waals surface area contributed by atoms with Gasteiger partial charge in [0, 0.05) is 11.1 Å². The highest BCUT2D eigenvalue weighted by molar-refractivity contribution is 6.30. The molecule has 0 aromatic heterocycles. The summed E-state index contributed by atoms with van der Waals surface area (Å²) in [4.78, 5) is 0. The van der Waals surface area contributed by atoms with Crippen molar-refractivity contribution < 1.29 is 4.74 Å². The summed E-state index contributed by atoms with van der Waals surface area (Å²) in [7, 11) is 3.80. The molecule has 1 N–H and O–H groups in total. The topological polar surface area (TPSA) is 21.3 Å². The number of benzene rings is 1. The van der Waals surface area contributed by atoms with Gasteiger partial charge in [-0.15, -0.1) is 0 Å². The molecule has 0 radical (unpaired) electrons. The fraction of sp³-hybridized carbons (Fsp3) is 0.625. The molecule has 1 aromatic rings. The lowest BCUT2D eigenvalue weighted by Gasteiger charge is -2.35. The van der Waals surface area contributed by atoms with E-state index in [1.807, 2.05) is 18.2 Å². The maximum absolute atomic E-state index is 6.12. The molecular weight excluding hydrogens is 258 g/mol. The van der Waals surface area contributed by atoms with Crippen molar-refractivity contribution in [3.05, 3.63) is 28.8 Å². The summed E-state index contributed by atoms with van der Waals surface area (Å²) in [6.07, 6.45) is 4.92. The van der Waals surface area contributed by atoms with E-state index in [0.717, 1.165) is 23.1 Å². The summed E-state index contributed by atoms with van der Waals surface area (Å²) >= 11 is 6.12. The minimum absolute atomic E-state index is 0.611. The third-order valence-corrected chi connectivity index (χ3v) is 4.58. The van der Waals surface area contributed by atoms with Gasteiger partial charge >= 0.3 is 0 Å². The minimum atomic E-state index is 0.611. The zero-order valence-electron chi connectivity index (χ0n) is 12.1. The van der Waals surface area contributed by atoms with Crippen molar-refractivity contribution in [1.29, 1.82) is 0 Å². The van der Waals surface area contributed by atoms with Crippen LogP contribution in [0.2, 0.25) is 5.02 Å². The van der Waals surface area contributed by atoms with E-state index in [-0.39, 0.29) is 0 Å². The van der Waals surface area contributed by atoms with Crippen LogP contribution >= 0.6 is 11.6 Å². The minimum Gasteiger partial charge on any atom is -0.496 e. The maximum atomic E-state index is 6.12. The van der Waals surface area contributed by atoms with Gasteiger partial charge in [-0.1, -0.05) is 18.5 Å². The molecule has 1 aromatic carbocycles. The number of methoxy groups -OCH3 is 1. The molecule has 1 aliphatic rings. The van der Waals surface area contributed by atoms with E-state index in [9.17, 15) is 0 Å². The van der Waals surface area contributed by atoms with E-state index < -0.39 is 0 Å². The summed E-state index contributed by atoms with van der Waals surface area (Å²) in [6.45, 7) is 2.36. The van der Waals surface area contributed by atoms with Crippen molar-refractivity contribution >= 4 is 11.6 Å². The molecule has 1 fully saturated rings. The van der Waals surface area contributed by atoms with Gasteiger partial charge in [-0.25, -0.2) is 0 Å². The van der Waals surface area contributed by atoms with Crippen LogP contribution in [0.25, 0.3) is 0 Å². The molecule has 2 nitrogen and oxygen atoms in total. The molecule has 3 atom stereocenters. The lowest BCUT2D eigenvalue weighted by atomic mass is 9.76. The first-order valence-corrected chi connectivity index (χ1v) is 7.51. The fourth-order valence-electron chi connectivity index (χ4n) is 3.29. The van der Waals surface area contributed by atoms with Crippen LogP contribution in [0.1, 0.15) is 31.7 Å². The van der Waals surface area contributed by atoms with Crippen molar-refractivity contribution in [3.63, 3.8) is 0 Å². The van der Waals surface area contributed by atoms with Crippen LogP contribution in [0.3, 0.4) is 0 Å². The second kappa shape index (κ2) is 6.62. The second-order valence-corrected chi connectivity index (χ2v) is 6.17. The van der Waals surface area contributed by atoms with Crippen molar-refractivity contribution in [3.8, 4) is 5.75 Å². The summed E-state index contributed by atoms with van der Waals surface area (Å²) < 4.78 is 5.46. The molecule has 0 heterocycles. The Morgan fingerprint density at radius 1 is 1.37 bits per heavy atom. The molecule has 1 aliphatic carbocycles. The van der Waals surface area contributed by atoms with Crippen LogP contribution in [-0.4, -0.2) is 20.2 Å². The first kappa shape index (κ1) is 14.7. The average Bonchev–Trinajstić information content (AvgIpc) is 2.39. The van der Waals surface area contributed by atoms with Crippen LogP contribution in [0.4, 0.5) is 0 Å². The van der Waals surface area contributed by atoms with Crippen molar-refractivity contribution in [2.24, 2.45) is 11.8 Å². The van der Waals surface area contributed by atoms with Gasteiger partial charge in [-0.05, 0) is 68.3 Å². The van der Waals surface area contributed by atoms with Gasteiger partial charge in [0.05, 0.1) is 7.11 Å². The Balaban J connectivity index is 2.16. The number of halogens is 1. The summed E-state index contributed by atoms with van der Waals surface area (Å²) in [6, 6.07) is 6.52.